The molecule has 0 aromatic heterocycles. The number of hydrogen-bond donors (Lipinski definition) is 0. The van der Waals surface area contributed by atoms with E-state index in [-0.39, 0.29) is 23.8 Å². The largest absolute Gasteiger partial charge is 0.427 e. The third kappa shape index (κ3) is 3.37. The summed E-state index contributed by atoms with van der Waals surface area (Å²) in [5, 5.41) is 0. The van der Waals surface area contributed by atoms with Crippen molar-refractivity contribution in [2.24, 2.45) is 47.3 Å². The second-order valence-electron chi connectivity index (χ2n) is 9.98. The van der Waals surface area contributed by atoms with E-state index in [1.807, 2.05) is 60.7 Å². The van der Waals surface area contributed by atoms with E-state index in [0.717, 1.165) is 6.42 Å². The van der Waals surface area contributed by atoms with Gasteiger partial charge in [-0.2, -0.15) is 0 Å². The van der Waals surface area contributed by atoms with Gasteiger partial charge in [-0.3, -0.25) is 9.59 Å². The molecular weight excluding hydrogens is 400 g/mol. The first-order valence-corrected chi connectivity index (χ1v) is 11.9. The number of benzene rings is 2. The number of carbonyl (C=O) groups excluding carboxylic acids is 2. The van der Waals surface area contributed by atoms with Gasteiger partial charge in [0.25, 0.3) is 0 Å². The second-order valence-corrected chi connectivity index (χ2v) is 9.98. The molecule has 4 aliphatic rings. The molecule has 6 rings (SSSR count). The van der Waals surface area contributed by atoms with Crippen LogP contribution in [0.5, 0.6) is 11.5 Å². The average Bonchev–Trinajstić information content (AvgIpc) is 3.56. The highest BCUT2D eigenvalue weighted by atomic mass is 16.5. The van der Waals surface area contributed by atoms with Crippen LogP contribution in [0.1, 0.15) is 25.7 Å². The number of carbonyl (C=O) groups is 2. The standard InChI is InChI=1S/C28H28O4/c29-25(31-19-7-3-1-4-8-19)15-21-22(16-26(30)32-20-9-5-2-6-10-20)24-14-23(21)27-17-11-12-18(13-17)28(24)27/h1-12,17-18,21-24,27-28H,13-16H2. The van der Waals surface area contributed by atoms with E-state index in [0.29, 0.717) is 59.8 Å². The molecule has 0 heterocycles. The zero-order chi connectivity index (χ0) is 21.7. The van der Waals surface area contributed by atoms with Gasteiger partial charge in [-0.05, 0) is 84.5 Å². The Kier molecular flexibility index (Phi) is 4.89. The van der Waals surface area contributed by atoms with Crippen LogP contribution in [-0.4, -0.2) is 11.9 Å². The summed E-state index contributed by atoms with van der Waals surface area (Å²) in [7, 11) is 0. The van der Waals surface area contributed by atoms with Gasteiger partial charge in [-0.25, -0.2) is 0 Å². The molecule has 4 nitrogen and oxygen atoms in total. The molecule has 8 unspecified atom stereocenters. The van der Waals surface area contributed by atoms with Gasteiger partial charge in [0.05, 0.1) is 0 Å². The van der Waals surface area contributed by atoms with Crippen LogP contribution in [0.2, 0.25) is 0 Å². The zero-order valence-electron chi connectivity index (χ0n) is 18.0. The van der Waals surface area contributed by atoms with Crippen molar-refractivity contribution in [2.75, 3.05) is 0 Å². The predicted octanol–water partition coefficient (Wildman–Crippen LogP) is 5.30. The molecule has 4 heteroatoms. The van der Waals surface area contributed by atoms with E-state index in [9.17, 15) is 9.59 Å². The van der Waals surface area contributed by atoms with Gasteiger partial charge in [-0.1, -0.05) is 48.6 Å². The summed E-state index contributed by atoms with van der Waals surface area (Å²) in [6.07, 6.45) is 7.96. The Morgan fingerprint density at radius 1 is 0.656 bits per heavy atom. The van der Waals surface area contributed by atoms with Crippen LogP contribution < -0.4 is 9.47 Å². The van der Waals surface area contributed by atoms with Crippen LogP contribution in [0, 0.1) is 47.3 Å². The lowest BCUT2D eigenvalue weighted by Gasteiger charge is -2.41. The molecule has 2 aromatic carbocycles. The molecule has 0 aliphatic heterocycles. The van der Waals surface area contributed by atoms with Crippen LogP contribution >= 0.6 is 0 Å². The third-order valence-electron chi connectivity index (χ3n) is 8.52. The van der Waals surface area contributed by atoms with Crippen molar-refractivity contribution < 1.29 is 19.1 Å². The Hall–Kier alpha value is -2.88. The maximum absolute atomic E-state index is 12.9. The smallest absolute Gasteiger partial charge is 0.311 e. The fraction of sp³-hybridized carbons (Fsp3) is 0.429. The van der Waals surface area contributed by atoms with Gasteiger partial charge < -0.3 is 9.47 Å². The third-order valence-corrected chi connectivity index (χ3v) is 8.52. The Labute approximate surface area is 188 Å². The van der Waals surface area contributed by atoms with Crippen LogP contribution in [0.4, 0.5) is 0 Å². The van der Waals surface area contributed by atoms with E-state index in [2.05, 4.69) is 12.2 Å². The van der Waals surface area contributed by atoms with E-state index >= 15 is 0 Å². The van der Waals surface area contributed by atoms with Gasteiger partial charge in [0.2, 0.25) is 0 Å². The molecule has 0 spiro atoms. The summed E-state index contributed by atoms with van der Waals surface area (Å²) in [6, 6.07) is 18.5. The molecule has 32 heavy (non-hydrogen) atoms. The first kappa shape index (κ1) is 19.8. The predicted molar refractivity (Wildman–Crippen MR) is 120 cm³/mol. The Bertz CT molecular complexity index is 948. The first-order valence-electron chi connectivity index (χ1n) is 11.9. The SMILES string of the molecule is O=C(CC1C(CC(=O)Oc2ccccc2)C2CC1C1C3C=CC(C3)C21)Oc1ccccc1. The number of esters is 2. The van der Waals surface area contributed by atoms with E-state index in [1.54, 1.807) is 0 Å². The van der Waals surface area contributed by atoms with Crippen LogP contribution in [0.25, 0.3) is 0 Å². The molecular formula is C28H28O4. The number of rotatable bonds is 6. The van der Waals surface area contributed by atoms with E-state index in [1.165, 1.54) is 6.42 Å². The lowest BCUT2D eigenvalue weighted by Crippen LogP contribution is -2.39. The highest BCUT2D eigenvalue weighted by Gasteiger charge is 2.64. The molecule has 0 N–H and O–H groups in total. The van der Waals surface area contributed by atoms with Crippen LogP contribution in [0.15, 0.2) is 72.8 Å². The van der Waals surface area contributed by atoms with Crippen molar-refractivity contribution >= 4 is 11.9 Å². The Morgan fingerprint density at radius 3 is 1.53 bits per heavy atom. The maximum Gasteiger partial charge on any atom is 0.311 e. The minimum absolute atomic E-state index is 0.188. The molecule has 3 saturated carbocycles. The molecule has 0 amide bonds. The minimum atomic E-state index is -0.189. The van der Waals surface area contributed by atoms with Gasteiger partial charge in [0.1, 0.15) is 11.5 Å². The number of ether oxygens (including phenoxy) is 2. The van der Waals surface area contributed by atoms with Gasteiger partial charge in [0.15, 0.2) is 0 Å². The number of hydrogen-bond acceptors (Lipinski definition) is 4. The summed E-state index contributed by atoms with van der Waals surface area (Å²) >= 11 is 0. The first-order chi connectivity index (χ1) is 15.7. The van der Waals surface area contributed by atoms with Crippen molar-refractivity contribution in [3.8, 4) is 11.5 Å². The minimum Gasteiger partial charge on any atom is -0.427 e. The van der Waals surface area contributed by atoms with Crippen molar-refractivity contribution in [1.82, 2.24) is 0 Å². The number of allylic oxidation sites excluding steroid dienone is 2. The normalized spacial score (nSPS) is 35.6. The maximum atomic E-state index is 12.9. The lowest BCUT2D eigenvalue weighted by molar-refractivity contribution is -0.140. The highest BCUT2D eigenvalue weighted by Crippen LogP contribution is 2.69. The topological polar surface area (TPSA) is 52.6 Å². The van der Waals surface area contributed by atoms with Crippen molar-refractivity contribution in [3.05, 3.63) is 72.8 Å². The van der Waals surface area contributed by atoms with E-state index < -0.39 is 0 Å². The average molecular weight is 429 g/mol. The summed E-state index contributed by atoms with van der Waals surface area (Å²) in [5.74, 6) is 4.83. The molecule has 3 fully saturated rings. The van der Waals surface area contributed by atoms with Crippen LogP contribution in [0.3, 0.4) is 0 Å². The van der Waals surface area contributed by atoms with Gasteiger partial charge in [0, 0.05) is 12.8 Å². The molecule has 0 radical (unpaired) electrons. The lowest BCUT2D eigenvalue weighted by atomic mass is 9.63. The number of para-hydroxylation sites is 2. The summed E-state index contributed by atoms with van der Waals surface area (Å²) in [6.45, 7) is 0. The molecule has 8 atom stereocenters. The summed E-state index contributed by atoms with van der Waals surface area (Å²) in [4.78, 5) is 25.7. The second kappa shape index (κ2) is 7.91. The van der Waals surface area contributed by atoms with E-state index in [4.69, 9.17) is 9.47 Å². The highest BCUT2D eigenvalue weighted by molar-refractivity contribution is 5.74. The molecule has 4 aliphatic carbocycles. The molecule has 4 bridgehead atoms. The quantitative estimate of drug-likeness (QED) is 0.271. The van der Waals surface area contributed by atoms with Crippen molar-refractivity contribution in [3.63, 3.8) is 0 Å². The zero-order valence-corrected chi connectivity index (χ0v) is 18.0. The molecule has 2 aromatic rings. The monoisotopic (exact) mass is 428 g/mol. The Morgan fingerprint density at radius 2 is 1.09 bits per heavy atom. The molecule has 164 valence electrons. The number of fused-ring (bicyclic) bond motifs is 9. The molecule has 0 saturated heterocycles. The fourth-order valence-corrected chi connectivity index (χ4v) is 7.60. The fourth-order valence-electron chi connectivity index (χ4n) is 7.60. The van der Waals surface area contributed by atoms with Crippen molar-refractivity contribution in [2.45, 2.75) is 25.7 Å². The summed E-state index contributed by atoms with van der Waals surface area (Å²) in [5.41, 5.74) is 0. The van der Waals surface area contributed by atoms with Gasteiger partial charge >= 0.3 is 11.9 Å². The van der Waals surface area contributed by atoms with Crippen molar-refractivity contribution in [1.29, 1.82) is 0 Å². The van der Waals surface area contributed by atoms with Crippen LogP contribution in [-0.2, 0) is 9.59 Å². The summed E-state index contributed by atoms with van der Waals surface area (Å²) < 4.78 is 11.3. The van der Waals surface area contributed by atoms with Gasteiger partial charge in [-0.15, -0.1) is 0 Å². The Balaban J connectivity index is 1.20.